The highest BCUT2D eigenvalue weighted by Crippen LogP contribution is 2.62. The topological polar surface area (TPSA) is 162 Å². The van der Waals surface area contributed by atoms with E-state index in [2.05, 4.69) is 19.2 Å². The van der Waals surface area contributed by atoms with E-state index in [1.807, 2.05) is 25.1 Å². The van der Waals surface area contributed by atoms with Crippen molar-refractivity contribution < 1.29 is 43.7 Å². The molecule has 6 unspecified atom stereocenters. The SMILES string of the molecule is C=CCOc1ccc2c(c1)C1C(CCCCO)C(CCCCO)C=C3C(=NOCc4ccc([N+](=O)[O-])cc4)CC(N(CCC)C(=O)OCCCl)C(OCC=C)(O2)C31. The number of halogens is 1. The van der Waals surface area contributed by atoms with E-state index in [4.69, 9.17) is 40.5 Å². The van der Waals surface area contributed by atoms with E-state index in [-0.39, 0.29) is 68.8 Å². The number of nitrogens with zero attached hydrogens (tertiary/aromatic N) is 3. The number of non-ortho nitro benzene ring substituents is 1. The zero-order valence-corrected chi connectivity index (χ0v) is 33.5. The molecular weight excluding hydrogens is 754 g/mol. The highest BCUT2D eigenvalue weighted by molar-refractivity contribution is 6.18. The van der Waals surface area contributed by atoms with Crippen molar-refractivity contribution in [3.8, 4) is 11.5 Å². The van der Waals surface area contributed by atoms with E-state index in [9.17, 15) is 25.1 Å². The lowest BCUT2D eigenvalue weighted by atomic mass is 9.55. The van der Waals surface area contributed by atoms with E-state index in [0.717, 1.165) is 36.8 Å². The number of nitro benzene ring substituents is 1. The molecule has 0 bridgehead atoms. The number of hydrogen-bond acceptors (Lipinski definition) is 11. The number of carbonyl (C=O) groups is 1. The lowest BCUT2D eigenvalue weighted by Crippen LogP contribution is -2.70. The van der Waals surface area contributed by atoms with E-state index < -0.39 is 28.8 Å². The average Bonchev–Trinajstić information content (AvgIpc) is 3.22. The summed E-state index contributed by atoms with van der Waals surface area (Å²) >= 11 is 5.99. The minimum Gasteiger partial charge on any atom is -0.490 e. The minimum absolute atomic E-state index is 0.0178. The van der Waals surface area contributed by atoms with Crippen LogP contribution in [0.25, 0.3) is 0 Å². The highest BCUT2D eigenvalue weighted by atomic mass is 35.5. The Hall–Kier alpha value is -4.43. The van der Waals surface area contributed by atoms with Gasteiger partial charge in [0, 0.05) is 49.8 Å². The van der Waals surface area contributed by atoms with Crippen LogP contribution in [0.4, 0.5) is 10.5 Å². The fourth-order valence-electron chi connectivity index (χ4n) is 8.62. The summed E-state index contributed by atoms with van der Waals surface area (Å²) in [6, 6.07) is 11.2. The van der Waals surface area contributed by atoms with Gasteiger partial charge in [-0.25, -0.2) is 4.79 Å². The number of rotatable bonds is 23. The van der Waals surface area contributed by atoms with Gasteiger partial charge in [-0.05, 0) is 85.4 Å². The Balaban J connectivity index is 1.74. The number of aliphatic hydroxyl groups excluding tert-OH is 2. The molecule has 0 radical (unpaired) electrons. The number of benzene rings is 2. The van der Waals surface area contributed by atoms with Gasteiger partial charge in [0.05, 0.1) is 29.0 Å². The number of oxime groups is 1. The number of amides is 1. The van der Waals surface area contributed by atoms with Crippen LogP contribution in [0.2, 0.25) is 0 Å². The third-order valence-electron chi connectivity index (χ3n) is 10.9. The van der Waals surface area contributed by atoms with Gasteiger partial charge in [-0.3, -0.25) is 15.0 Å². The molecule has 0 spiro atoms. The van der Waals surface area contributed by atoms with Crippen molar-refractivity contribution in [2.45, 2.75) is 82.6 Å². The van der Waals surface area contributed by atoms with E-state index in [1.165, 1.54) is 12.1 Å². The second-order valence-corrected chi connectivity index (χ2v) is 14.9. The molecule has 3 aliphatic rings. The average molecular weight is 810 g/mol. The molecule has 1 amide bonds. The van der Waals surface area contributed by atoms with Gasteiger partial charge in [0.2, 0.25) is 5.79 Å². The molecule has 57 heavy (non-hydrogen) atoms. The number of carbonyl (C=O) groups excluding carboxylic acids is 1. The van der Waals surface area contributed by atoms with Crippen molar-refractivity contribution in [3.63, 3.8) is 0 Å². The number of allylic oxidation sites excluding steroid dienone is 1. The number of aliphatic hydroxyl groups is 2. The maximum Gasteiger partial charge on any atom is 0.410 e. The maximum absolute atomic E-state index is 14.0. The molecule has 5 rings (SSSR count). The summed E-state index contributed by atoms with van der Waals surface area (Å²) in [6.45, 7) is 10.8. The fraction of sp³-hybridized carbons (Fsp3) is 0.535. The predicted molar refractivity (Wildman–Crippen MR) is 218 cm³/mol. The number of hydrogen-bond donors (Lipinski definition) is 2. The minimum atomic E-state index is -1.43. The number of fused-ring (bicyclic) bond motifs is 2. The van der Waals surface area contributed by atoms with Crippen LogP contribution < -0.4 is 9.47 Å². The molecule has 2 N–H and O–H groups in total. The number of nitro groups is 1. The lowest BCUT2D eigenvalue weighted by molar-refractivity contribution is -0.384. The monoisotopic (exact) mass is 809 g/mol. The predicted octanol–water partition coefficient (Wildman–Crippen LogP) is 8.08. The van der Waals surface area contributed by atoms with Crippen LogP contribution in [0.3, 0.4) is 0 Å². The van der Waals surface area contributed by atoms with Gasteiger partial charge < -0.3 is 34.0 Å². The first kappa shape index (κ1) is 43.7. The van der Waals surface area contributed by atoms with E-state index >= 15 is 0 Å². The van der Waals surface area contributed by atoms with Crippen LogP contribution in [-0.4, -0.2) is 89.1 Å². The van der Waals surface area contributed by atoms with Crippen molar-refractivity contribution >= 4 is 29.1 Å². The fourth-order valence-corrected chi connectivity index (χ4v) is 8.69. The second kappa shape index (κ2) is 21.4. The smallest absolute Gasteiger partial charge is 0.410 e. The molecule has 13 nitrogen and oxygen atoms in total. The molecule has 2 aromatic rings. The largest absolute Gasteiger partial charge is 0.490 e. The molecule has 1 saturated carbocycles. The van der Waals surface area contributed by atoms with Gasteiger partial charge in [-0.2, -0.15) is 0 Å². The van der Waals surface area contributed by atoms with Crippen molar-refractivity contribution in [2.75, 3.05) is 45.5 Å². The van der Waals surface area contributed by atoms with Crippen molar-refractivity contribution in [1.82, 2.24) is 4.90 Å². The standard InChI is InChI=1S/C43H56ClN3O10/c1-4-20-46(42(50)54-25-19-44)39-28-37(45-56-29-30-13-15-32(16-14-30)47(51)52)35-26-31(11-7-9-21-48)34(12-8-10-22-49)40-36-27-33(53-23-5-2)17-18-38(36)57-43(39,41(35)40)55-24-6-3/h5-6,13-18,26-27,31,34,39-41,48-49H,2-4,7-12,19-25,28-29H2,1H3. The molecule has 6 atom stereocenters. The van der Waals surface area contributed by atoms with Crippen LogP contribution in [-0.2, 0) is 20.9 Å². The lowest BCUT2D eigenvalue weighted by Gasteiger charge is -2.59. The van der Waals surface area contributed by atoms with Crippen molar-refractivity contribution in [1.29, 1.82) is 0 Å². The second-order valence-electron chi connectivity index (χ2n) is 14.6. The first-order valence-electron chi connectivity index (χ1n) is 19.9. The maximum atomic E-state index is 14.0. The summed E-state index contributed by atoms with van der Waals surface area (Å²) in [6.07, 6.45) is 10.3. The zero-order valence-electron chi connectivity index (χ0n) is 32.8. The molecule has 0 aromatic heterocycles. The quantitative estimate of drug-likeness (QED) is 0.0369. The summed E-state index contributed by atoms with van der Waals surface area (Å²) in [5.74, 6) is -0.687. The van der Waals surface area contributed by atoms with Gasteiger partial charge in [-0.1, -0.05) is 49.7 Å². The molecule has 14 heteroatoms. The summed E-state index contributed by atoms with van der Waals surface area (Å²) in [5.41, 5.74) is 3.10. The Labute approximate surface area is 340 Å². The van der Waals surface area contributed by atoms with E-state index in [1.54, 1.807) is 29.2 Å². The molecule has 2 aliphatic carbocycles. The first-order valence-corrected chi connectivity index (χ1v) is 20.5. The Morgan fingerprint density at radius 1 is 1.09 bits per heavy atom. The molecule has 1 fully saturated rings. The summed E-state index contributed by atoms with van der Waals surface area (Å²) in [7, 11) is 0. The molecular formula is C43H56ClN3O10. The highest BCUT2D eigenvalue weighted by Gasteiger charge is 2.65. The molecule has 310 valence electrons. The first-order chi connectivity index (χ1) is 27.8. The van der Waals surface area contributed by atoms with Crippen molar-refractivity contribution in [2.24, 2.45) is 22.9 Å². The zero-order chi connectivity index (χ0) is 40.8. The van der Waals surface area contributed by atoms with Crippen molar-refractivity contribution in [3.05, 3.63) is 101 Å². The normalized spacial score (nSPS) is 24.0. The third kappa shape index (κ3) is 10.2. The summed E-state index contributed by atoms with van der Waals surface area (Å²) < 4.78 is 25.9. The van der Waals surface area contributed by atoms with Crippen LogP contribution >= 0.6 is 11.6 Å². The van der Waals surface area contributed by atoms with Crippen LogP contribution in [0.5, 0.6) is 11.5 Å². The molecule has 1 heterocycles. The summed E-state index contributed by atoms with van der Waals surface area (Å²) in [5, 5.41) is 35.7. The Kier molecular flexibility index (Phi) is 16.4. The number of unbranched alkanes of at least 4 members (excludes halogenated alkanes) is 2. The van der Waals surface area contributed by atoms with Gasteiger partial charge in [0.25, 0.3) is 5.69 Å². The van der Waals surface area contributed by atoms with Gasteiger partial charge in [-0.15, -0.1) is 18.2 Å². The molecule has 1 aliphatic heterocycles. The van der Waals surface area contributed by atoms with Crippen LogP contribution in [0.1, 0.15) is 75.3 Å². The van der Waals surface area contributed by atoms with Gasteiger partial charge in [0.15, 0.2) is 0 Å². The van der Waals surface area contributed by atoms with Gasteiger partial charge in [0.1, 0.15) is 37.4 Å². The third-order valence-corrected chi connectivity index (χ3v) is 11.1. The Morgan fingerprint density at radius 3 is 2.49 bits per heavy atom. The van der Waals surface area contributed by atoms with Gasteiger partial charge >= 0.3 is 6.09 Å². The van der Waals surface area contributed by atoms with Crippen LogP contribution in [0.15, 0.2) is 84.6 Å². The van der Waals surface area contributed by atoms with E-state index in [0.29, 0.717) is 55.2 Å². The Morgan fingerprint density at radius 2 is 1.82 bits per heavy atom. The number of ether oxygens (including phenoxy) is 4. The number of alkyl halides is 1. The molecule has 0 saturated heterocycles. The summed E-state index contributed by atoms with van der Waals surface area (Å²) in [4.78, 5) is 32.6. The molecule has 2 aromatic carbocycles. The van der Waals surface area contributed by atoms with Crippen LogP contribution in [0, 0.1) is 27.9 Å². The Bertz CT molecular complexity index is 1740.